The molecule has 2 aromatic rings. The Labute approximate surface area is 144 Å². The van der Waals surface area contributed by atoms with Crippen LogP contribution in [0.15, 0.2) is 36.9 Å². The molecule has 1 unspecified atom stereocenters. The van der Waals surface area contributed by atoms with Crippen molar-refractivity contribution in [3.8, 4) is 0 Å². The van der Waals surface area contributed by atoms with Crippen molar-refractivity contribution in [3.63, 3.8) is 0 Å². The summed E-state index contributed by atoms with van der Waals surface area (Å²) in [6.07, 6.45) is 3.20. The predicted molar refractivity (Wildman–Crippen MR) is 88.9 cm³/mol. The molecule has 2 heterocycles. The third-order valence-corrected chi connectivity index (χ3v) is 3.80. The molecule has 0 bridgehead atoms. The first-order valence-electron chi connectivity index (χ1n) is 7.88. The number of carbonyl (C=O) groups excluding carboxylic acids is 3. The second-order valence-electron chi connectivity index (χ2n) is 5.76. The summed E-state index contributed by atoms with van der Waals surface area (Å²) in [6.45, 7) is 2.57. The number of benzene rings is 1. The van der Waals surface area contributed by atoms with Crippen LogP contribution in [-0.2, 0) is 11.3 Å². The fraction of sp³-hybridized carbons (Fsp3) is 0.312. The van der Waals surface area contributed by atoms with Crippen LogP contribution in [0.2, 0.25) is 0 Å². The van der Waals surface area contributed by atoms with Gasteiger partial charge in [0.25, 0.3) is 5.91 Å². The molecule has 9 heteroatoms. The smallest absolute Gasteiger partial charge is 0.328 e. The molecule has 0 aliphatic carbocycles. The van der Waals surface area contributed by atoms with E-state index in [-0.39, 0.29) is 30.8 Å². The lowest BCUT2D eigenvalue weighted by molar-refractivity contribution is -0.120. The summed E-state index contributed by atoms with van der Waals surface area (Å²) < 4.78 is 1.63. The number of nitrogens with zero attached hydrogens (tertiary/aromatic N) is 4. The highest BCUT2D eigenvalue weighted by Gasteiger charge is 2.27. The predicted octanol–water partition coefficient (Wildman–Crippen LogP) is 0.543. The molecule has 0 saturated carbocycles. The maximum atomic E-state index is 12.6. The Hall–Kier alpha value is -3.23. The molecular weight excluding hydrogens is 324 g/mol. The van der Waals surface area contributed by atoms with Gasteiger partial charge < -0.3 is 5.32 Å². The van der Waals surface area contributed by atoms with E-state index in [0.717, 1.165) is 0 Å². The number of para-hydroxylation sites is 1. The topological polar surface area (TPSA) is 109 Å². The van der Waals surface area contributed by atoms with Crippen LogP contribution in [0.4, 0.5) is 10.5 Å². The highest BCUT2D eigenvalue weighted by molar-refractivity contribution is 6.09. The maximum Gasteiger partial charge on any atom is 0.328 e. The van der Waals surface area contributed by atoms with Gasteiger partial charge >= 0.3 is 6.03 Å². The van der Waals surface area contributed by atoms with Crippen LogP contribution >= 0.6 is 0 Å². The molecule has 0 spiro atoms. The summed E-state index contributed by atoms with van der Waals surface area (Å²) in [7, 11) is 0. The average molecular weight is 342 g/mol. The molecule has 25 heavy (non-hydrogen) atoms. The number of carbonyl (C=O) groups is 3. The molecule has 1 atom stereocenters. The Morgan fingerprint density at radius 1 is 1.36 bits per heavy atom. The summed E-state index contributed by atoms with van der Waals surface area (Å²) >= 11 is 0. The van der Waals surface area contributed by atoms with Crippen LogP contribution in [0.25, 0.3) is 0 Å². The first-order chi connectivity index (χ1) is 12.0. The van der Waals surface area contributed by atoms with Crippen molar-refractivity contribution in [3.05, 3.63) is 42.5 Å². The zero-order chi connectivity index (χ0) is 17.8. The van der Waals surface area contributed by atoms with Crippen molar-refractivity contribution >= 4 is 23.5 Å². The number of amides is 4. The van der Waals surface area contributed by atoms with E-state index in [9.17, 15) is 14.4 Å². The Balaban J connectivity index is 1.74. The zero-order valence-corrected chi connectivity index (χ0v) is 13.7. The minimum atomic E-state index is -0.521. The average Bonchev–Trinajstić information content (AvgIpc) is 3.07. The highest BCUT2D eigenvalue weighted by Crippen LogP contribution is 2.22. The lowest BCUT2D eigenvalue weighted by Crippen LogP contribution is -2.50. The van der Waals surface area contributed by atoms with Crippen LogP contribution in [-0.4, -0.2) is 45.2 Å². The Morgan fingerprint density at radius 3 is 2.88 bits per heavy atom. The summed E-state index contributed by atoms with van der Waals surface area (Å²) in [5.74, 6) is -0.613. The lowest BCUT2D eigenvalue weighted by atomic mass is 10.1. The Morgan fingerprint density at radius 2 is 2.16 bits per heavy atom. The van der Waals surface area contributed by atoms with Crippen molar-refractivity contribution in [1.29, 1.82) is 0 Å². The van der Waals surface area contributed by atoms with E-state index in [1.54, 1.807) is 35.3 Å². The van der Waals surface area contributed by atoms with Crippen molar-refractivity contribution in [1.82, 2.24) is 25.4 Å². The molecular formula is C16H18N6O3. The van der Waals surface area contributed by atoms with E-state index in [0.29, 0.717) is 17.8 Å². The maximum absolute atomic E-state index is 12.6. The molecule has 1 saturated heterocycles. The van der Waals surface area contributed by atoms with Gasteiger partial charge in [-0.2, -0.15) is 5.10 Å². The molecule has 1 aromatic heterocycles. The molecule has 1 aliphatic rings. The summed E-state index contributed by atoms with van der Waals surface area (Å²) in [5, 5.41) is 9.15. The number of imide groups is 1. The Kier molecular flexibility index (Phi) is 4.73. The minimum absolute atomic E-state index is 0.181. The molecule has 0 radical (unpaired) electrons. The van der Waals surface area contributed by atoms with Crippen LogP contribution in [0.1, 0.15) is 23.7 Å². The fourth-order valence-electron chi connectivity index (χ4n) is 2.65. The SMILES string of the molecule is CC(Cn1cncn1)NC(=O)c1ccccc1N1CCC(=O)NC1=O. The molecule has 4 amide bonds. The van der Waals surface area contributed by atoms with Gasteiger partial charge in [-0.05, 0) is 19.1 Å². The quantitative estimate of drug-likeness (QED) is 0.824. The lowest BCUT2D eigenvalue weighted by Gasteiger charge is -2.28. The van der Waals surface area contributed by atoms with Gasteiger partial charge in [0.1, 0.15) is 12.7 Å². The number of hydrogen-bond donors (Lipinski definition) is 2. The van der Waals surface area contributed by atoms with Gasteiger partial charge in [-0.15, -0.1) is 0 Å². The fourth-order valence-corrected chi connectivity index (χ4v) is 2.65. The second kappa shape index (κ2) is 7.12. The first-order valence-corrected chi connectivity index (χ1v) is 7.88. The molecule has 2 N–H and O–H groups in total. The van der Waals surface area contributed by atoms with Gasteiger partial charge in [0.15, 0.2) is 0 Å². The van der Waals surface area contributed by atoms with E-state index >= 15 is 0 Å². The van der Waals surface area contributed by atoms with E-state index in [2.05, 4.69) is 20.7 Å². The van der Waals surface area contributed by atoms with Crippen molar-refractivity contribution in [2.24, 2.45) is 0 Å². The monoisotopic (exact) mass is 342 g/mol. The van der Waals surface area contributed by atoms with Gasteiger partial charge in [-0.3, -0.25) is 24.5 Å². The summed E-state index contributed by atoms with van der Waals surface area (Å²) in [6, 6.07) is 6.11. The second-order valence-corrected chi connectivity index (χ2v) is 5.76. The third kappa shape index (κ3) is 3.82. The van der Waals surface area contributed by atoms with E-state index in [1.165, 1.54) is 11.2 Å². The number of rotatable bonds is 5. The van der Waals surface area contributed by atoms with Crippen molar-refractivity contribution in [2.75, 3.05) is 11.4 Å². The number of anilines is 1. The van der Waals surface area contributed by atoms with Gasteiger partial charge in [0.2, 0.25) is 5.91 Å². The van der Waals surface area contributed by atoms with E-state index in [4.69, 9.17) is 0 Å². The normalized spacial score (nSPS) is 15.6. The molecule has 130 valence electrons. The number of nitrogens with one attached hydrogen (secondary N) is 2. The van der Waals surface area contributed by atoms with E-state index < -0.39 is 6.03 Å². The first kappa shape index (κ1) is 16.6. The number of aromatic nitrogens is 3. The highest BCUT2D eigenvalue weighted by atomic mass is 16.2. The van der Waals surface area contributed by atoms with Gasteiger partial charge in [-0.25, -0.2) is 9.78 Å². The number of urea groups is 1. The van der Waals surface area contributed by atoms with Crippen LogP contribution in [0, 0.1) is 0 Å². The van der Waals surface area contributed by atoms with Gasteiger partial charge in [0, 0.05) is 19.0 Å². The molecule has 1 aromatic carbocycles. The van der Waals surface area contributed by atoms with Crippen molar-refractivity contribution in [2.45, 2.75) is 25.9 Å². The largest absolute Gasteiger partial charge is 0.348 e. The molecule has 3 rings (SSSR count). The van der Waals surface area contributed by atoms with Crippen LogP contribution in [0.3, 0.4) is 0 Å². The van der Waals surface area contributed by atoms with Gasteiger partial charge in [0.05, 0.1) is 17.8 Å². The third-order valence-electron chi connectivity index (χ3n) is 3.80. The minimum Gasteiger partial charge on any atom is -0.348 e. The van der Waals surface area contributed by atoms with Crippen molar-refractivity contribution < 1.29 is 14.4 Å². The molecule has 1 aliphatic heterocycles. The number of hydrogen-bond acceptors (Lipinski definition) is 5. The standard InChI is InChI=1S/C16H18N6O3/c1-11(8-21-10-17-9-18-21)19-15(24)12-4-2-3-5-13(12)22-7-6-14(23)20-16(22)25/h2-5,9-11H,6-8H2,1H3,(H,19,24)(H,20,23,25). The van der Waals surface area contributed by atoms with Crippen LogP contribution < -0.4 is 15.5 Å². The van der Waals surface area contributed by atoms with Gasteiger partial charge in [-0.1, -0.05) is 12.1 Å². The molecule has 9 nitrogen and oxygen atoms in total. The zero-order valence-electron chi connectivity index (χ0n) is 13.7. The summed E-state index contributed by atoms with van der Waals surface area (Å²) in [4.78, 5) is 41.3. The van der Waals surface area contributed by atoms with E-state index in [1.807, 2.05) is 6.92 Å². The van der Waals surface area contributed by atoms with Crippen LogP contribution in [0.5, 0.6) is 0 Å². The Bertz CT molecular complexity index is 789. The summed E-state index contributed by atoms with van der Waals surface area (Å²) in [5.41, 5.74) is 0.843. The molecule has 1 fully saturated rings.